The third kappa shape index (κ3) is 2.34. The topological polar surface area (TPSA) is 97.7 Å². The van der Waals surface area contributed by atoms with Gasteiger partial charge in [0.25, 0.3) is 5.69 Å². The largest absolute Gasteiger partial charge is 0.477 e. The van der Waals surface area contributed by atoms with Crippen LogP contribution in [0.25, 0.3) is 16.2 Å². The predicted molar refractivity (Wildman–Crippen MR) is 77.1 cm³/mol. The molecule has 3 rings (SSSR count). The zero-order valence-corrected chi connectivity index (χ0v) is 11.8. The number of fused-ring (bicyclic) bond motifs is 1. The van der Waals surface area contributed by atoms with Gasteiger partial charge in [-0.05, 0) is 6.07 Å². The maximum Gasteiger partial charge on any atom is 0.347 e. The molecular formula is C12H6ClN3O4S. The van der Waals surface area contributed by atoms with Crippen molar-refractivity contribution in [2.75, 3.05) is 0 Å². The summed E-state index contributed by atoms with van der Waals surface area (Å²) in [4.78, 5) is 26.1. The second-order valence-corrected chi connectivity index (χ2v) is 5.56. The normalized spacial score (nSPS) is 10.9. The highest BCUT2D eigenvalue weighted by Gasteiger charge is 2.16. The number of carbonyl (C=O) groups is 1. The van der Waals surface area contributed by atoms with Gasteiger partial charge in [-0.2, -0.15) is 0 Å². The number of nitrogens with zero attached hydrogens (tertiary/aromatic N) is 3. The highest BCUT2D eigenvalue weighted by Crippen LogP contribution is 2.31. The van der Waals surface area contributed by atoms with Gasteiger partial charge >= 0.3 is 5.97 Å². The minimum atomic E-state index is -1.02. The summed E-state index contributed by atoms with van der Waals surface area (Å²) in [6, 6.07) is 4.40. The first-order chi connectivity index (χ1) is 9.95. The SMILES string of the molecule is O=C(O)c1cn2cc(-c3ccc(Cl)c([N+](=O)[O-])c3)nc2s1. The average molecular weight is 324 g/mol. The number of halogens is 1. The number of hydrogen-bond donors (Lipinski definition) is 1. The molecule has 0 saturated heterocycles. The van der Waals surface area contributed by atoms with E-state index in [2.05, 4.69) is 4.98 Å². The van der Waals surface area contributed by atoms with Gasteiger partial charge < -0.3 is 5.11 Å². The molecule has 0 saturated carbocycles. The number of nitro groups is 1. The Balaban J connectivity index is 2.08. The first-order valence-corrected chi connectivity index (χ1v) is 6.81. The van der Waals surface area contributed by atoms with Gasteiger partial charge in [0.1, 0.15) is 9.90 Å². The number of nitro benzene ring substituents is 1. The fourth-order valence-corrected chi connectivity index (χ4v) is 2.84. The molecule has 21 heavy (non-hydrogen) atoms. The lowest BCUT2D eigenvalue weighted by atomic mass is 10.1. The Bertz CT molecular complexity index is 854. The van der Waals surface area contributed by atoms with E-state index in [1.54, 1.807) is 16.7 Å². The molecule has 0 radical (unpaired) electrons. The van der Waals surface area contributed by atoms with Crippen molar-refractivity contribution in [3.05, 3.63) is 50.6 Å². The molecule has 0 unspecified atom stereocenters. The lowest BCUT2D eigenvalue weighted by molar-refractivity contribution is -0.384. The van der Waals surface area contributed by atoms with Crippen LogP contribution in [-0.4, -0.2) is 25.4 Å². The Morgan fingerprint density at radius 2 is 2.19 bits per heavy atom. The minimum Gasteiger partial charge on any atom is -0.477 e. The number of aromatic carboxylic acids is 1. The van der Waals surface area contributed by atoms with E-state index in [9.17, 15) is 14.9 Å². The molecule has 0 fully saturated rings. The van der Waals surface area contributed by atoms with E-state index in [4.69, 9.17) is 16.7 Å². The highest BCUT2D eigenvalue weighted by atomic mass is 35.5. The molecule has 0 aliphatic rings. The van der Waals surface area contributed by atoms with Gasteiger partial charge in [-0.1, -0.05) is 29.0 Å². The third-order valence-corrected chi connectivity index (χ3v) is 4.11. The molecule has 3 aromatic rings. The molecule has 106 valence electrons. The van der Waals surface area contributed by atoms with Crippen molar-refractivity contribution < 1.29 is 14.8 Å². The molecule has 9 heteroatoms. The number of carboxylic acids is 1. The molecule has 1 N–H and O–H groups in total. The number of imidazole rings is 1. The van der Waals surface area contributed by atoms with E-state index in [1.165, 1.54) is 18.3 Å². The van der Waals surface area contributed by atoms with E-state index in [0.29, 0.717) is 16.2 Å². The Labute approximate surface area is 126 Å². The van der Waals surface area contributed by atoms with Crippen molar-refractivity contribution in [1.82, 2.24) is 9.38 Å². The second-order valence-electron chi connectivity index (χ2n) is 4.14. The summed E-state index contributed by atoms with van der Waals surface area (Å²) in [6.07, 6.45) is 3.06. The zero-order valence-electron chi connectivity index (χ0n) is 10.2. The van der Waals surface area contributed by atoms with Gasteiger partial charge in [0.05, 0.1) is 10.6 Å². The fourth-order valence-electron chi connectivity index (χ4n) is 1.85. The van der Waals surface area contributed by atoms with Crippen molar-refractivity contribution in [2.45, 2.75) is 0 Å². The number of benzene rings is 1. The lowest BCUT2D eigenvalue weighted by Gasteiger charge is -1.98. The highest BCUT2D eigenvalue weighted by molar-refractivity contribution is 7.18. The van der Waals surface area contributed by atoms with Crippen LogP contribution in [0.1, 0.15) is 9.67 Å². The second kappa shape index (κ2) is 4.83. The molecule has 0 atom stereocenters. The van der Waals surface area contributed by atoms with Gasteiger partial charge in [0.15, 0.2) is 4.96 Å². The standard InChI is InChI=1S/C12H6ClN3O4S/c13-7-2-1-6(3-9(7)16(19)20)8-4-15-5-10(11(17)18)21-12(15)14-8/h1-5H,(H,17,18). The number of carboxylic acid groups (broad SMARTS) is 1. The van der Waals surface area contributed by atoms with Crippen LogP contribution in [0, 0.1) is 10.1 Å². The van der Waals surface area contributed by atoms with Crippen LogP contribution in [0.3, 0.4) is 0 Å². The third-order valence-electron chi connectivity index (χ3n) is 2.81. The minimum absolute atomic E-state index is 0.0536. The Morgan fingerprint density at radius 1 is 1.43 bits per heavy atom. The van der Waals surface area contributed by atoms with E-state index in [-0.39, 0.29) is 15.6 Å². The summed E-state index contributed by atoms with van der Waals surface area (Å²) < 4.78 is 1.57. The summed E-state index contributed by atoms with van der Waals surface area (Å²) in [7, 11) is 0. The Morgan fingerprint density at radius 3 is 2.81 bits per heavy atom. The van der Waals surface area contributed by atoms with E-state index >= 15 is 0 Å². The summed E-state index contributed by atoms with van der Waals surface area (Å²) in [5.41, 5.74) is 0.855. The van der Waals surface area contributed by atoms with E-state index in [1.807, 2.05) is 0 Å². The molecule has 2 aromatic heterocycles. The molecule has 0 aliphatic carbocycles. The zero-order chi connectivity index (χ0) is 15.1. The van der Waals surface area contributed by atoms with Crippen LogP contribution in [0.15, 0.2) is 30.6 Å². The van der Waals surface area contributed by atoms with Gasteiger partial charge in [0, 0.05) is 24.0 Å². The first kappa shape index (κ1) is 13.5. The molecular weight excluding hydrogens is 318 g/mol. The maximum absolute atomic E-state index is 10.9. The number of aromatic nitrogens is 2. The summed E-state index contributed by atoms with van der Waals surface area (Å²) in [5.74, 6) is -1.02. The van der Waals surface area contributed by atoms with Gasteiger partial charge in [0.2, 0.25) is 0 Å². The van der Waals surface area contributed by atoms with Crippen LogP contribution < -0.4 is 0 Å². The fraction of sp³-hybridized carbons (Fsp3) is 0. The monoisotopic (exact) mass is 323 g/mol. The average Bonchev–Trinajstić information content (AvgIpc) is 2.96. The molecule has 0 bridgehead atoms. The van der Waals surface area contributed by atoms with Crippen molar-refractivity contribution >= 4 is 39.6 Å². The van der Waals surface area contributed by atoms with Crippen molar-refractivity contribution in [2.24, 2.45) is 0 Å². The van der Waals surface area contributed by atoms with Crippen molar-refractivity contribution in [1.29, 1.82) is 0 Å². The summed E-state index contributed by atoms with van der Waals surface area (Å²) >= 11 is 6.79. The van der Waals surface area contributed by atoms with Crippen LogP contribution in [0.4, 0.5) is 5.69 Å². The van der Waals surface area contributed by atoms with E-state index < -0.39 is 10.9 Å². The number of rotatable bonds is 3. The number of thiazole rings is 1. The first-order valence-electron chi connectivity index (χ1n) is 5.62. The Kier molecular flexibility index (Phi) is 3.11. The van der Waals surface area contributed by atoms with Crippen molar-refractivity contribution in [3.8, 4) is 11.3 Å². The van der Waals surface area contributed by atoms with Crippen LogP contribution >= 0.6 is 22.9 Å². The molecule has 2 heterocycles. The Hall–Kier alpha value is -2.45. The quantitative estimate of drug-likeness (QED) is 0.589. The molecule has 1 aromatic carbocycles. The molecule has 0 spiro atoms. The summed E-state index contributed by atoms with van der Waals surface area (Å²) in [6.45, 7) is 0. The predicted octanol–water partition coefficient (Wildman–Crippen LogP) is 3.32. The lowest BCUT2D eigenvalue weighted by Crippen LogP contribution is -1.91. The molecule has 7 nitrogen and oxygen atoms in total. The van der Waals surface area contributed by atoms with Gasteiger partial charge in [-0.25, -0.2) is 9.78 Å². The van der Waals surface area contributed by atoms with Crippen molar-refractivity contribution in [3.63, 3.8) is 0 Å². The smallest absolute Gasteiger partial charge is 0.347 e. The van der Waals surface area contributed by atoms with Crippen LogP contribution in [0.2, 0.25) is 5.02 Å². The van der Waals surface area contributed by atoms with E-state index in [0.717, 1.165) is 11.3 Å². The van der Waals surface area contributed by atoms with Gasteiger partial charge in [-0.3, -0.25) is 14.5 Å². The molecule has 0 aliphatic heterocycles. The molecule has 0 amide bonds. The van der Waals surface area contributed by atoms with Crippen LogP contribution in [0.5, 0.6) is 0 Å². The summed E-state index contributed by atoms with van der Waals surface area (Å²) in [5, 5.41) is 19.8. The maximum atomic E-state index is 10.9. The van der Waals surface area contributed by atoms with Gasteiger partial charge in [-0.15, -0.1) is 0 Å². The van der Waals surface area contributed by atoms with Crippen LogP contribution in [-0.2, 0) is 0 Å². The number of hydrogen-bond acceptors (Lipinski definition) is 5.